The number of rotatable bonds is 4. The van der Waals surface area contributed by atoms with Crippen molar-refractivity contribution >= 4 is 5.97 Å². The van der Waals surface area contributed by atoms with Crippen LogP contribution in [-0.4, -0.2) is 34.8 Å². The molecule has 156 valence electrons. The molecule has 3 unspecified atom stereocenters. The summed E-state index contributed by atoms with van der Waals surface area (Å²) < 4.78 is 56.5. The predicted molar refractivity (Wildman–Crippen MR) is 90.9 cm³/mol. The zero-order valence-electron chi connectivity index (χ0n) is 15.1. The van der Waals surface area contributed by atoms with Gasteiger partial charge in [0.1, 0.15) is 18.3 Å². The van der Waals surface area contributed by atoms with E-state index in [0.29, 0.717) is 0 Å². The van der Waals surface area contributed by atoms with Crippen molar-refractivity contribution in [1.29, 1.82) is 0 Å². The average molecular weight is 414 g/mol. The summed E-state index contributed by atoms with van der Waals surface area (Å²) in [6, 6.07) is 8.19. The van der Waals surface area contributed by atoms with Crippen LogP contribution in [-0.2, 0) is 16.1 Å². The van der Waals surface area contributed by atoms with Gasteiger partial charge in [-0.25, -0.2) is 0 Å². The lowest BCUT2D eigenvalue weighted by Gasteiger charge is -2.43. The van der Waals surface area contributed by atoms with Crippen molar-refractivity contribution in [2.75, 3.05) is 6.61 Å². The molecule has 29 heavy (non-hydrogen) atoms. The van der Waals surface area contributed by atoms with Crippen LogP contribution in [0.3, 0.4) is 0 Å². The van der Waals surface area contributed by atoms with Gasteiger partial charge in [-0.05, 0) is 12.5 Å². The SMILES string of the molecule is CCOC(=O)C1C(c2ccccc2)c2oc(CO)cc(=O)c2OC1(O)C(F)(F)F. The van der Waals surface area contributed by atoms with Crippen molar-refractivity contribution in [3.8, 4) is 5.75 Å². The first-order valence-corrected chi connectivity index (χ1v) is 8.61. The zero-order chi connectivity index (χ0) is 21.4. The standard InChI is InChI=1S/C19H17F3O7/c1-2-27-17(25)14-13(10-6-4-3-5-7-10)16-15(12(24)8-11(9-23)28-16)29-18(14,26)19(20,21)22/h3-8,13-14,23,26H,2,9H2,1H3. The summed E-state index contributed by atoms with van der Waals surface area (Å²) in [7, 11) is 0. The summed E-state index contributed by atoms with van der Waals surface area (Å²) in [5.74, 6) is -10.9. The fourth-order valence-corrected chi connectivity index (χ4v) is 3.30. The number of fused-ring (bicyclic) bond motifs is 1. The molecule has 2 N–H and O–H groups in total. The van der Waals surface area contributed by atoms with Crippen molar-refractivity contribution in [2.45, 2.75) is 31.4 Å². The van der Waals surface area contributed by atoms with E-state index >= 15 is 0 Å². The number of halogens is 3. The van der Waals surface area contributed by atoms with E-state index in [1.807, 2.05) is 0 Å². The third-order valence-electron chi connectivity index (χ3n) is 4.54. The predicted octanol–water partition coefficient (Wildman–Crippen LogP) is 2.09. The molecule has 0 radical (unpaired) electrons. The van der Waals surface area contributed by atoms with Crippen LogP contribution in [0.25, 0.3) is 0 Å². The second kappa shape index (κ2) is 7.53. The Balaban J connectivity index is 2.36. The topological polar surface area (TPSA) is 106 Å². The molecule has 3 atom stereocenters. The highest BCUT2D eigenvalue weighted by atomic mass is 19.4. The molecule has 0 bridgehead atoms. The zero-order valence-corrected chi connectivity index (χ0v) is 15.1. The molecule has 1 aromatic heterocycles. The highest BCUT2D eigenvalue weighted by Crippen LogP contribution is 2.52. The molecule has 2 heterocycles. The second-order valence-electron chi connectivity index (χ2n) is 6.34. The molecule has 7 nitrogen and oxygen atoms in total. The molecular weight excluding hydrogens is 397 g/mol. The molecule has 0 spiro atoms. The number of benzene rings is 1. The lowest BCUT2D eigenvalue weighted by atomic mass is 9.76. The lowest BCUT2D eigenvalue weighted by molar-refractivity contribution is -0.360. The first-order valence-electron chi connectivity index (χ1n) is 8.61. The first kappa shape index (κ1) is 20.9. The molecular formula is C19H17F3O7. The summed E-state index contributed by atoms with van der Waals surface area (Å²) in [6.07, 6.45) is -5.45. The van der Waals surface area contributed by atoms with Crippen molar-refractivity contribution in [1.82, 2.24) is 0 Å². The van der Waals surface area contributed by atoms with Gasteiger partial charge in [0.15, 0.2) is 5.76 Å². The maximum atomic E-state index is 13.9. The monoisotopic (exact) mass is 414 g/mol. The molecule has 10 heteroatoms. The van der Waals surface area contributed by atoms with E-state index in [1.165, 1.54) is 31.2 Å². The summed E-state index contributed by atoms with van der Waals surface area (Å²) in [4.78, 5) is 24.9. The minimum absolute atomic E-state index is 0.149. The van der Waals surface area contributed by atoms with E-state index in [2.05, 4.69) is 4.74 Å². The van der Waals surface area contributed by atoms with Crippen LogP contribution in [0, 0.1) is 5.92 Å². The van der Waals surface area contributed by atoms with Gasteiger partial charge < -0.3 is 24.1 Å². The summed E-state index contributed by atoms with van der Waals surface area (Å²) in [5.41, 5.74) is -0.891. The number of hydrogen-bond donors (Lipinski definition) is 2. The van der Waals surface area contributed by atoms with Gasteiger partial charge in [-0.15, -0.1) is 0 Å². The van der Waals surface area contributed by atoms with E-state index in [-0.39, 0.29) is 17.9 Å². The van der Waals surface area contributed by atoms with Gasteiger partial charge in [-0.2, -0.15) is 13.2 Å². The molecule has 1 aliphatic rings. The first-order chi connectivity index (χ1) is 13.6. The van der Waals surface area contributed by atoms with Gasteiger partial charge in [-0.3, -0.25) is 9.59 Å². The largest absolute Gasteiger partial charge is 0.466 e. The van der Waals surface area contributed by atoms with Gasteiger partial charge >= 0.3 is 17.9 Å². The molecule has 0 saturated heterocycles. The second-order valence-corrected chi connectivity index (χ2v) is 6.34. The average Bonchev–Trinajstić information content (AvgIpc) is 2.67. The van der Waals surface area contributed by atoms with Gasteiger partial charge in [0.25, 0.3) is 0 Å². The maximum absolute atomic E-state index is 13.9. The number of esters is 1. The van der Waals surface area contributed by atoms with Crippen LogP contribution in [0.2, 0.25) is 0 Å². The lowest BCUT2D eigenvalue weighted by Crippen LogP contribution is -2.62. The fourth-order valence-electron chi connectivity index (χ4n) is 3.30. The van der Waals surface area contributed by atoms with Crippen molar-refractivity contribution in [3.63, 3.8) is 0 Å². The van der Waals surface area contributed by atoms with Crippen LogP contribution in [0.4, 0.5) is 13.2 Å². The molecule has 3 rings (SSSR count). The number of carbonyl (C=O) groups is 1. The molecule has 1 aliphatic heterocycles. The van der Waals surface area contributed by atoms with Gasteiger partial charge in [0, 0.05) is 6.07 Å². The van der Waals surface area contributed by atoms with Crippen LogP contribution in [0.5, 0.6) is 5.75 Å². The Hall–Kier alpha value is -2.85. The van der Waals surface area contributed by atoms with Crippen LogP contribution < -0.4 is 10.2 Å². The number of aliphatic hydroxyl groups is 2. The smallest absolute Gasteiger partial charge is 0.456 e. The van der Waals surface area contributed by atoms with Crippen LogP contribution >= 0.6 is 0 Å². The Morgan fingerprint density at radius 3 is 2.48 bits per heavy atom. The Kier molecular flexibility index (Phi) is 5.42. The minimum Gasteiger partial charge on any atom is -0.466 e. The Morgan fingerprint density at radius 2 is 1.93 bits per heavy atom. The maximum Gasteiger partial charge on any atom is 0.456 e. The Morgan fingerprint density at radius 1 is 1.28 bits per heavy atom. The third-order valence-corrected chi connectivity index (χ3v) is 4.54. The van der Waals surface area contributed by atoms with Crippen molar-refractivity contribution < 1.29 is 42.1 Å². The molecule has 0 saturated carbocycles. The van der Waals surface area contributed by atoms with E-state index in [1.54, 1.807) is 6.07 Å². The van der Waals surface area contributed by atoms with E-state index < -0.39 is 53.3 Å². The van der Waals surface area contributed by atoms with Crippen molar-refractivity contribution in [2.24, 2.45) is 5.92 Å². The minimum atomic E-state index is -5.45. The molecule has 0 amide bonds. The Labute approximate surface area is 162 Å². The molecule has 1 aromatic carbocycles. The van der Waals surface area contributed by atoms with Crippen molar-refractivity contribution in [3.05, 3.63) is 63.7 Å². The number of ether oxygens (including phenoxy) is 2. The summed E-state index contributed by atoms with van der Waals surface area (Å²) in [6.45, 7) is 0.430. The molecule has 0 fully saturated rings. The molecule has 2 aromatic rings. The summed E-state index contributed by atoms with van der Waals surface area (Å²) in [5, 5.41) is 19.8. The number of aliphatic hydroxyl groups excluding tert-OH is 1. The quantitative estimate of drug-likeness (QED) is 0.738. The van der Waals surface area contributed by atoms with Gasteiger partial charge in [0.05, 0.1) is 12.5 Å². The van der Waals surface area contributed by atoms with E-state index in [0.717, 1.165) is 6.07 Å². The number of hydrogen-bond acceptors (Lipinski definition) is 7. The molecule has 0 aliphatic carbocycles. The Bertz CT molecular complexity index is 955. The third kappa shape index (κ3) is 3.49. The normalized spacial score (nSPS) is 23.8. The number of alkyl halides is 3. The fraction of sp³-hybridized carbons (Fsp3) is 0.368. The summed E-state index contributed by atoms with van der Waals surface area (Å²) >= 11 is 0. The van der Waals surface area contributed by atoms with E-state index in [4.69, 9.17) is 9.15 Å². The number of carbonyl (C=O) groups excluding carboxylic acids is 1. The van der Waals surface area contributed by atoms with E-state index in [9.17, 15) is 33.0 Å². The van der Waals surface area contributed by atoms with Crippen LogP contribution in [0.1, 0.15) is 29.9 Å². The van der Waals surface area contributed by atoms with Gasteiger partial charge in [-0.1, -0.05) is 30.3 Å². The van der Waals surface area contributed by atoms with Crippen LogP contribution in [0.15, 0.2) is 45.6 Å². The van der Waals surface area contributed by atoms with Gasteiger partial charge in [0.2, 0.25) is 11.2 Å². The highest BCUT2D eigenvalue weighted by Gasteiger charge is 2.69. The highest BCUT2D eigenvalue weighted by molar-refractivity contribution is 5.77.